The molecule has 0 fully saturated rings. The van der Waals surface area contributed by atoms with Crippen molar-refractivity contribution >= 4 is 11.9 Å². The molecule has 5 nitrogen and oxygen atoms in total. The minimum absolute atomic E-state index is 0.0200. The molecule has 1 amide bonds. The summed E-state index contributed by atoms with van der Waals surface area (Å²) in [6, 6.07) is 7.19. The van der Waals surface area contributed by atoms with Gasteiger partial charge in [0, 0.05) is 12.1 Å². The number of likely N-dealkylation sites (N-methyl/N-ethyl adjacent to an activating group) is 1. The van der Waals surface area contributed by atoms with Crippen LogP contribution in [-0.2, 0) is 11.3 Å². The number of Topliss-reactive ketones (excluding diaryl/α,β-unsaturated/α-hetero) is 1. The van der Waals surface area contributed by atoms with E-state index in [-0.39, 0.29) is 5.78 Å². The quantitative estimate of drug-likeness (QED) is 0.810. The van der Waals surface area contributed by atoms with Gasteiger partial charge in [-0.05, 0) is 39.4 Å². The minimum Gasteiger partial charge on any atom is -0.444 e. The lowest BCUT2D eigenvalue weighted by Crippen LogP contribution is -2.32. The molecule has 0 radical (unpaired) electrons. The Bertz CT molecular complexity index is 478. The highest BCUT2D eigenvalue weighted by atomic mass is 16.6. The summed E-state index contributed by atoms with van der Waals surface area (Å²) in [6.07, 6.45) is -0.468. The van der Waals surface area contributed by atoms with Crippen molar-refractivity contribution in [2.45, 2.75) is 32.9 Å². The smallest absolute Gasteiger partial charge is 0.407 e. The number of rotatable bonds is 5. The number of hydrogen-bond acceptors (Lipinski definition) is 4. The van der Waals surface area contributed by atoms with E-state index in [1.165, 1.54) is 0 Å². The van der Waals surface area contributed by atoms with Gasteiger partial charge in [0.15, 0.2) is 5.78 Å². The molecule has 1 aromatic rings. The van der Waals surface area contributed by atoms with Gasteiger partial charge in [0.05, 0.1) is 6.54 Å². The maximum atomic E-state index is 11.7. The molecule has 0 spiro atoms. The maximum absolute atomic E-state index is 11.7. The van der Waals surface area contributed by atoms with Crippen LogP contribution in [0.5, 0.6) is 0 Å². The lowest BCUT2D eigenvalue weighted by molar-refractivity contribution is 0.0523. The number of carbonyl (C=O) groups is 2. The second-order valence-corrected chi connectivity index (χ2v) is 5.51. The van der Waals surface area contributed by atoms with Gasteiger partial charge in [-0.3, -0.25) is 4.79 Å². The third-order valence-electron chi connectivity index (χ3n) is 2.42. The van der Waals surface area contributed by atoms with Crippen LogP contribution in [0.1, 0.15) is 36.7 Å². The molecule has 20 heavy (non-hydrogen) atoms. The number of amides is 1. The van der Waals surface area contributed by atoms with Crippen LogP contribution >= 0.6 is 0 Å². The fourth-order valence-electron chi connectivity index (χ4n) is 1.61. The summed E-state index contributed by atoms with van der Waals surface area (Å²) in [4.78, 5) is 23.3. The molecular formula is C15H22N2O3. The van der Waals surface area contributed by atoms with Crippen molar-refractivity contribution in [1.29, 1.82) is 0 Å². The van der Waals surface area contributed by atoms with Crippen LogP contribution in [-0.4, -0.2) is 31.1 Å². The summed E-state index contributed by atoms with van der Waals surface area (Å²) in [7, 11) is 1.73. The average Bonchev–Trinajstić information content (AvgIpc) is 2.35. The summed E-state index contributed by atoms with van der Waals surface area (Å²) in [5.74, 6) is 0.0200. The predicted molar refractivity (Wildman–Crippen MR) is 77.8 cm³/mol. The van der Waals surface area contributed by atoms with Crippen LogP contribution in [0.15, 0.2) is 24.3 Å². The number of ether oxygens (including phenoxy) is 1. The lowest BCUT2D eigenvalue weighted by atomic mass is 10.1. The lowest BCUT2D eigenvalue weighted by Gasteiger charge is -2.19. The minimum atomic E-state index is -0.519. The number of carbonyl (C=O) groups excluding carboxylic acids is 2. The van der Waals surface area contributed by atoms with Crippen LogP contribution in [0.2, 0.25) is 0 Å². The highest BCUT2D eigenvalue weighted by molar-refractivity contribution is 5.97. The number of ketones is 1. The Labute approximate surface area is 119 Å². The highest BCUT2D eigenvalue weighted by Crippen LogP contribution is 2.08. The zero-order chi connectivity index (χ0) is 15.2. The van der Waals surface area contributed by atoms with E-state index in [1.807, 2.05) is 26.8 Å². The Balaban J connectivity index is 2.59. The van der Waals surface area contributed by atoms with E-state index >= 15 is 0 Å². The Morgan fingerprint density at radius 3 is 2.55 bits per heavy atom. The molecule has 5 heteroatoms. The topological polar surface area (TPSA) is 67.4 Å². The van der Waals surface area contributed by atoms with Gasteiger partial charge in [-0.2, -0.15) is 0 Å². The van der Waals surface area contributed by atoms with Gasteiger partial charge in [-0.15, -0.1) is 0 Å². The first-order chi connectivity index (χ1) is 9.31. The van der Waals surface area contributed by atoms with Crippen LogP contribution in [0.3, 0.4) is 0 Å². The first-order valence-electron chi connectivity index (χ1n) is 6.55. The second kappa shape index (κ2) is 7.05. The van der Waals surface area contributed by atoms with Crippen LogP contribution < -0.4 is 10.6 Å². The number of hydrogen-bond donors (Lipinski definition) is 2. The Morgan fingerprint density at radius 1 is 1.25 bits per heavy atom. The highest BCUT2D eigenvalue weighted by Gasteiger charge is 2.15. The summed E-state index contributed by atoms with van der Waals surface area (Å²) < 4.78 is 5.15. The molecule has 1 rings (SSSR count). The number of alkyl carbamates (subject to hydrolysis) is 1. The van der Waals surface area contributed by atoms with Crippen molar-refractivity contribution in [2.24, 2.45) is 0 Å². The molecule has 0 aliphatic heterocycles. The number of nitrogens with one attached hydrogen (secondary N) is 2. The van der Waals surface area contributed by atoms with Crippen molar-refractivity contribution < 1.29 is 14.3 Å². The van der Waals surface area contributed by atoms with E-state index in [2.05, 4.69) is 10.6 Å². The molecule has 0 aliphatic rings. The third kappa shape index (κ3) is 5.84. The largest absolute Gasteiger partial charge is 0.444 e. The first-order valence-corrected chi connectivity index (χ1v) is 6.55. The number of benzene rings is 1. The van der Waals surface area contributed by atoms with Crippen molar-refractivity contribution in [1.82, 2.24) is 10.6 Å². The first kappa shape index (κ1) is 16.2. The van der Waals surface area contributed by atoms with Crippen molar-refractivity contribution in [3.05, 3.63) is 35.4 Å². The second-order valence-electron chi connectivity index (χ2n) is 5.51. The third-order valence-corrected chi connectivity index (χ3v) is 2.42. The molecular weight excluding hydrogens is 256 g/mol. The maximum Gasteiger partial charge on any atom is 0.407 e. The fourth-order valence-corrected chi connectivity index (χ4v) is 1.61. The van der Waals surface area contributed by atoms with Gasteiger partial charge in [-0.25, -0.2) is 4.79 Å². The van der Waals surface area contributed by atoms with Crippen molar-refractivity contribution in [3.63, 3.8) is 0 Å². The van der Waals surface area contributed by atoms with Crippen LogP contribution in [0.25, 0.3) is 0 Å². The van der Waals surface area contributed by atoms with Gasteiger partial charge in [0.1, 0.15) is 5.60 Å². The fraction of sp³-hybridized carbons (Fsp3) is 0.467. The van der Waals surface area contributed by atoms with Gasteiger partial charge in [0.25, 0.3) is 0 Å². The monoisotopic (exact) mass is 278 g/mol. The normalized spacial score (nSPS) is 11.0. The summed E-state index contributed by atoms with van der Waals surface area (Å²) in [6.45, 7) is 6.05. The Kier molecular flexibility index (Phi) is 5.70. The Hall–Kier alpha value is -1.88. The van der Waals surface area contributed by atoms with Gasteiger partial charge < -0.3 is 15.4 Å². The zero-order valence-corrected chi connectivity index (χ0v) is 12.4. The van der Waals surface area contributed by atoms with Crippen molar-refractivity contribution in [2.75, 3.05) is 13.6 Å². The molecule has 0 atom stereocenters. The molecule has 0 unspecified atom stereocenters. The molecule has 1 aromatic carbocycles. The summed E-state index contributed by atoms with van der Waals surface area (Å²) >= 11 is 0. The SMILES string of the molecule is CNCC(=O)c1cccc(CNC(=O)OC(C)(C)C)c1. The standard InChI is InChI=1S/C15H22N2O3/c1-15(2,3)20-14(19)17-9-11-6-5-7-12(8-11)13(18)10-16-4/h5-8,16H,9-10H2,1-4H3,(H,17,19). The average molecular weight is 278 g/mol. The van der Waals surface area contributed by atoms with E-state index in [1.54, 1.807) is 25.2 Å². The van der Waals surface area contributed by atoms with E-state index in [4.69, 9.17) is 4.74 Å². The molecule has 0 aromatic heterocycles. The summed E-state index contributed by atoms with van der Waals surface area (Å²) in [5.41, 5.74) is 0.968. The molecule has 0 bridgehead atoms. The van der Waals surface area contributed by atoms with Gasteiger partial charge in [0.2, 0.25) is 0 Å². The van der Waals surface area contributed by atoms with Crippen molar-refractivity contribution in [3.8, 4) is 0 Å². The molecule has 2 N–H and O–H groups in total. The Morgan fingerprint density at radius 2 is 1.95 bits per heavy atom. The molecule has 110 valence electrons. The summed E-state index contributed by atoms with van der Waals surface area (Å²) in [5, 5.41) is 5.49. The molecule has 0 heterocycles. The van der Waals surface area contributed by atoms with Gasteiger partial charge in [-0.1, -0.05) is 18.2 Å². The van der Waals surface area contributed by atoms with E-state index in [9.17, 15) is 9.59 Å². The predicted octanol–water partition coefficient (Wildman–Crippen LogP) is 2.11. The van der Waals surface area contributed by atoms with Crippen LogP contribution in [0.4, 0.5) is 4.79 Å². The van der Waals surface area contributed by atoms with Crippen LogP contribution in [0, 0.1) is 0 Å². The van der Waals surface area contributed by atoms with E-state index < -0.39 is 11.7 Å². The van der Waals surface area contributed by atoms with E-state index in [0.29, 0.717) is 18.7 Å². The van der Waals surface area contributed by atoms with Gasteiger partial charge >= 0.3 is 6.09 Å². The van der Waals surface area contributed by atoms with E-state index in [0.717, 1.165) is 5.56 Å². The molecule has 0 aliphatic carbocycles. The molecule has 0 saturated heterocycles. The molecule has 0 saturated carbocycles. The zero-order valence-electron chi connectivity index (χ0n) is 12.4.